The van der Waals surface area contributed by atoms with Gasteiger partial charge in [-0.1, -0.05) is 0 Å². The summed E-state index contributed by atoms with van der Waals surface area (Å²) in [5.41, 5.74) is 0. The zero-order valence-corrected chi connectivity index (χ0v) is 9.19. The van der Waals surface area contributed by atoms with Crippen LogP contribution in [0.3, 0.4) is 0 Å². The number of thiocarbonyl (C=S) groups is 1. The highest BCUT2D eigenvalue weighted by atomic mass is 32.1. The first-order valence-corrected chi connectivity index (χ1v) is 5.17. The highest BCUT2D eigenvalue weighted by molar-refractivity contribution is 7.80. The van der Waals surface area contributed by atoms with E-state index in [0.717, 1.165) is 18.3 Å². The quantitative estimate of drug-likeness (QED) is 0.675. The minimum atomic E-state index is 0.471. The molecule has 76 valence electrons. The van der Waals surface area contributed by atoms with Crippen molar-refractivity contribution in [2.45, 2.75) is 25.3 Å². The summed E-state index contributed by atoms with van der Waals surface area (Å²) in [7, 11) is 3.62. The number of piperidine rings is 1. The van der Waals surface area contributed by atoms with Crippen LogP contribution < -0.4 is 5.32 Å². The van der Waals surface area contributed by atoms with E-state index in [-0.39, 0.29) is 0 Å². The molecule has 3 nitrogen and oxygen atoms in total. The molecule has 1 N–H and O–H groups in total. The molecule has 1 rings (SSSR count). The van der Waals surface area contributed by atoms with E-state index in [1.165, 1.54) is 19.3 Å². The van der Waals surface area contributed by atoms with Crippen LogP contribution in [0, 0.1) is 0 Å². The van der Waals surface area contributed by atoms with Crippen LogP contribution in [-0.2, 0) is 4.74 Å². The summed E-state index contributed by atoms with van der Waals surface area (Å²) in [6.45, 7) is 1.84. The van der Waals surface area contributed by atoms with Crippen LogP contribution in [0.4, 0.5) is 0 Å². The fourth-order valence-electron chi connectivity index (χ4n) is 1.78. The van der Waals surface area contributed by atoms with Crippen LogP contribution in [0.25, 0.3) is 0 Å². The van der Waals surface area contributed by atoms with Gasteiger partial charge < -0.3 is 15.0 Å². The van der Waals surface area contributed by atoms with Crippen molar-refractivity contribution < 1.29 is 4.74 Å². The third-order valence-electron chi connectivity index (χ3n) is 2.46. The summed E-state index contributed by atoms with van der Waals surface area (Å²) in [6.07, 6.45) is 3.72. The molecule has 13 heavy (non-hydrogen) atoms. The van der Waals surface area contributed by atoms with E-state index in [4.69, 9.17) is 17.0 Å². The zero-order valence-electron chi connectivity index (χ0n) is 8.38. The number of rotatable bonds is 2. The lowest BCUT2D eigenvalue weighted by atomic mass is 10.0. The molecule has 1 aliphatic rings. The van der Waals surface area contributed by atoms with E-state index >= 15 is 0 Å². The van der Waals surface area contributed by atoms with Gasteiger partial charge in [-0.15, -0.1) is 0 Å². The minimum Gasteiger partial charge on any atom is -0.383 e. The molecular weight excluding hydrogens is 184 g/mol. The van der Waals surface area contributed by atoms with Crippen molar-refractivity contribution in [2.75, 3.05) is 27.3 Å². The fourth-order valence-corrected chi connectivity index (χ4v) is 2.02. The van der Waals surface area contributed by atoms with Crippen LogP contribution in [0.1, 0.15) is 19.3 Å². The summed E-state index contributed by atoms with van der Waals surface area (Å²) in [6, 6.07) is 0.471. The van der Waals surface area contributed by atoms with E-state index in [2.05, 4.69) is 10.2 Å². The lowest BCUT2D eigenvalue weighted by molar-refractivity contribution is 0.106. The smallest absolute Gasteiger partial charge is 0.169 e. The van der Waals surface area contributed by atoms with Gasteiger partial charge in [-0.3, -0.25) is 0 Å². The van der Waals surface area contributed by atoms with Gasteiger partial charge in [0.1, 0.15) is 0 Å². The summed E-state index contributed by atoms with van der Waals surface area (Å²) >= 11 is 5.23. The number of nitrogens with zero attached hydrogens (tertiary/aromatic N) is 1. The van der Waals surface area contributed by atoms with Gasteiger partial charge >= 0.3 is 0 Å². The molecule has 0 aromatic heterocycles. The SMILES string of the molecule is CNC(=S)N1CCCCC1COC. The molecule has 1 unspecified atom stereocenters. The molecular formula is C9H18N2OS. The van der Waals surface area contributed by atoms with Gasteiger partial charge in [-0.25, -0.2) is 0 Å². The van der Waals surface area contributed by atoms with Crippen LogP contribution >= 0.6 is 12.2 Å². The Bertz CT molecular complexity index is 173. The Kier molecular flexibility index (Phi) is 4.45. The summed E-state index contributed by atoms with van der Waals surface area (Å²) < 4.78 is 5.18. The number of likely N-dealkylation sites (tertiary alicyclic amines) is 1. The van der Waals surface area contributed by atoms with E-state index in [0.29, 0.717) is 6.04 Å². The number of ether oxygens (including phenoxy) is 1. The second-order valence-electron chi connectivity index (χ2n) is 3.35. The van der Waals surface area contributed by atoms with Crippen LogP contribution in [-0.4, -0.2) is 43.4 Å². The highest BCUT2D eigenvalue weighted by Crippen LogP contribution is 2.17. The van der Waals surface area contributed by atoms with Crippen molar-refractivity contribution in [1.82, 2.24) is 10.2 Å². The van der Waals surface area contributed by atoms with Gasteiger partial charge in [0.2, 0.25) is 0 Å². The Balaban J connectivity index is 2.50. The molecule has 1 atom stereocenters. The second-order valence-corrected chi connectivity index (χ2v) is 3.74. The molecule has 0 saturated carbocycles. The Hall–Kier alpha value is -0.350. The third kappa shape index (κ3) is 2.81. The van der Waals surface area contributed by atoms with Crippen LogP contribution in [0.2, 0.25) is 0 Å². The van der Waals surface area contributed by atoms with Gasteiger partial charge in [0.05, 0.1) is 12.6 Å². The minimum absolute atomic E-state index is 0.471. The molecule has 1 heterocycles. The summed E-state index contributed by atoms with van der Waals surface area (Å²) in [5, 5.41) is 3.87. The predicted octanol–water partition coefficient (Wildman–Crippen LogP) is 0.992. The second kappa shape index (κ2) is 5.40. The highest BCUT2D eigenvalue weighted by Gasteiger charge is 2.23. The first-order valence-electron chi connectivity index (χ1n) is 4.77. The van der Waals surface area contributed by atoms with Crippen molar-refractivity contribution in [3.05, 3.63) is 0 Å². The number of hydrogen-bond acceptors (Lipinski definition) is 2. The summed E-state index contributed by atoms with van der Waals surface area (Å²) in [4.78, 5) is 2.24. The Labute approximate surface area is 85.4 Å². The standard InChI is InChI=1S/C9H18N2OS/c1-10-9(13)11-6-4-3-5-8(11)7-12-2/h8H,3-7H2,1-2H3,(H,10,13). The average molecular weight is 202 g/mol. The maximum absolute atomic E-state index is 5.23. The first-order chi connectivity index (χ1) is 6.29. The number of hydrogen-bond donors (Lipinski definition) is 1. The van der Waals surface area contributed by atoms with Crippen molar-refractivity contribution in [3.8, 4) is 0 Å². The molecule has 1 fully saturated rings. The molecule has 1 aliphatic heterocycles. The summed E-state index contributed by atoms with van der Waals surface area (Å²) in [5.74, 6) is 0. The average Bonchev–Trinajstić information content (AvgIpc) is 2.18. The topological polar surface area (TPSA) is 24.5 Å². The molecule has 0 bridgehead atoms. The molecule has 0 spiro atoms. The molecule has 0 radical (unpaired) electrons. The Morgan fingerprint density at radius 2 is 2.38 bits per heavy atom. The van der Waals surface area contributed by atoms with Crippen LogP contribution in [0.15, 0.2) is 0 Å². The maximum Gasteiger partial charge on any atom is 0.169 e. The van der Waals surface area contributed by atoms with Crippen molar-refractivity contribution in [1.29, 1.82) is 0 Å². The van der Waals surface area contributed by atoms with E-state index in [9.17, 15) is 0 Å². The molecule has 0 aromatic rings. The molecule has 0 aromatic carbocycles. The normalized spacial score (nSPS) is 22.9. The lowest BCUT2D eigenvalue weighted by Gasteiger charge is -2.36. The number of methoxy groups -OCH3 is 1. The molecule has 4 heteroatoms. The Morgan fingerprint density at radius 1 is 1.62 bits per heavy atom. The zero-order chi connectivity index (χ0) is 9.68. The van der Waals surface area contributed by atoms with E-state index in [1.807, 2.05) is 7.05 Å². The third-order valence-corrected chi connectivity index (χ3v) is 2.90. The largest absolute Gasteiger partial charge is 0.383 e. The van der Waals surface area contributed by atoms with Gasteiger partial charge in [-0.2, -0.15) is 0 Å². The first kappa shape index (κ1) is 10.7. The van der Waals surface area contributed by atoms with Crippen molar-refractivity contribution >= 4 is 17.3 Å². The van der Waals surface area contributed by atoms with Gasteiger partial charge in [-0.05, 0) is 31.5 Å². The van der Waals surface area contributed by atoms with Crippen LogP contribution in [0.5, 0.6) is 0 Å². The van der Waals surface area contributed by atoms with Crippen molar-refractivity contribution in [3.63, 3.8) is 0 Å². The van der Waals surface area contributed by atoms with Crippen molar-refractivity contribution in [2.24, 2.45) is 0 Å². The van der Waals surface area contributed by atoms with Gasteiger partial charge in [0.15, 0.2) is 5.11 Å². The predicted molar refractivity (Wildman–Crippen MR) is 57.9 cm³/mol. The Morgan fingerprint density at radius 3 is 3.00 bits per heavy atom. The van der Waals surface area contributed by atoms with Gasteiger partial charge in [0, 0.05) is 20.7 Å². The number of nitrogens with one attached hydrogen (secondary N) is 1. The molecule has 1 saturated heterocycles. The lowest BCUT2D eigenvalue weighted by Crippen LogP contribution is -2.49. The fraction of sp³-hybridized carbons (Fsp3) is 0.889. The van der Waals surface area contributed by atoms with E-state index < -0.39 is 0 Å². The monoisotopic (exact) mass is 202 g/mol. The maximum atomic E-state index is 5.23. The van der Waals surface area contributed by atoms with Gasteiger partial charge in [0.25, 0.3) is 0 Å². The molecule has 0 aliphatic carbocycles. The molecule has 0 amide bonds. The van der Waals surface area contributed by atoms with E-state index in [1.54, 1.807) is 7.11 Å².